The average Bonchev–Trinajstić information content (AvgIpc) is 3.55. The first-order valence-corrected chi connectivity index (χ1v) is 9.52. The second-order valence-electron chi connectivity index (χ2n) is 7.82. The first-order chi connectivity index (χ1) is 12.6. The van der Waals surface area contributed by atoms with Gasteiger partial charge in [-0.05, 0) is 73.7 Å². The molecule has 0 radical (unpaired) electrons. The lowest BCUT2D eigenvalue weighted by atomic mass is 10.1. The number of rotatable bonds is 7. The molecule has 4 nitrogen and oxygen atoms in total. The minimum Gasteiger partial charge on any atom is -0.378 e. The minimum absolute atomic E-state index is 0.0709. The minimum atomic E-state index is -0.0709. The van der Waals surface area contributed by atoms with E-state index in [1.165, 1.54) is 31.4 Å². The van der Waals surface area contributed by atoms with Crippen LogP contribution in [0, 0.1) is 5.92 Å². The Bertz CT molecular complexity index is 763. The summed E-state index contributed by atoms with van der Waals surface area (Å²) in [6.45, 7) is 1.18. The Kier molecular flexibility index (Phi) is 4.68. The highest BCUT2D eigenvalue weighted by atomic mass is 16.1. The molecule has 0 saturated heterocycles. The summed E-state index contributed by atoms with van der Waals surface area (Å²) in [5.41, 5.74) is 3.97. The first-order valence-electron chi connectivity index (χ1n) is 9.52. The number of carbonyl (C=O) groups excluding carboxylic acids is 1. The molecule has 0 aromatic heterocycles. The highest BCUT2D eigenvalue weighted by molar-refractivity contribution is 6.04. The highest BCUT2D eigenvalue weighted by Gasteiger charge is 2.38. The summed E-state index contributed by atoms with van der Waals surface area (Å²) in [7, 11) is 3.98. The summed E-state index contributed by atoms with van der Waals surface area (Å²) < 4.78 is 0. The zero-order valence-electron chi connectivity index (χ0n) is 15.5. The molecule has 4 rings (SSSR count). The van der Waals surface area contributed by atoms with Gasteiger partial charge in [0.25, 0.3) is 5.91 Å². The van der Waals surface area contributed by atoms with Gasteiger partial charge in [0.1, 0.15) is 0 Å². The fraction of sp³-hybridized carbons (Fsp3) is 0.409. The number of benzene rings is 2. The van der Waals surface area contributed by atoms with Gasteiger partial charge in [-0.3, -0.25) is 4.79 Å². The van der Waals surface area contributed by atoms with Crippen LogP contribution in [0.3, 0.4) is 0 Å². The first kappa shape index (κ1) is 17.1. The van der Waals surface area contributed by atoms with E-state index in [-0.39, 0.29) is 5.91 Å². The van der Waals surface area contributed by atoms with Crippen LogP contribution in [-0.2, 0) is 0 Å². The van der Waals surface area contributed by atoms with Crippen LogP contribution >= 0.6 is 0 Å². The molecule has 2 fully saturated rings. The Morgan fingerprint density at radius 3 is 2.35 bits per heavy atom. The van der Waals surface area contributed by atoms with Gasteiger partial charge in [0.2, 0.25) is 0 Å². The Hall–Kier alpha value is -2.33. The summed E-state index contributed by atoms with van der Waals surface area (Å²) in [6, 6.07) is 16.6. The number of carbonyl (C=O) groups is 1. The smallest absolute Gasteiger partial charge is 0.255 e. The second-order valence-corrected chi connectivity index (χ2v) is 7.82. The summed E-state index contributed by atoms with van der Waals surface area (Å²) in [6.07, 6.45) is 4.03. The van der Waals surface area contributed by atoms with Crippen molar-refractivity contribution in [2.45, 2.75) is 31.2 Å². The molecule has 2 aliphatic rings. The molecule has 0 spiro atoms. The van der Waals surface area contributed by atoms with Crippen molar-refractivity contribution in [3.8, 4) is 0 Å². The van der Waals surface area contributed by atoms with Crippen LogP contribution < -0.4 is 15.5 Å². The number of hydrogen-bond donors (Lipinski definition) is 2. The molecule has 0 aliphatic heterocycles. The monoisotopic (exact) mass is 349 g/mol. The summed E-state index contributed by atoms with van der Waals surface area (Å²) in [4.78, 5) is 14.4. The molecule has 0 bridgehead atoms. The van der Waals surface area contributed by atoms with Gasteiger partial charge < -0.3 is 15.5 Å². The third-order valence-electron chi connectivity index (χ3n) is 5.40. The van der Waals surface area contributed by atoms with Crippen molar-refractivity contribution in [1.29, 1.82) is 0 Å². The third kappa shape index (κ3) is 4.07. The van der Waals surface area contributed by atoms with Crippen molar-refractivity contribution in [3.63, 3.8) is 0 Å². The van der Waals surface area contributed by atoms with Crippen molar-refractivity contribution in [1.82, 2.24) is 5.32 Å². The molecule has 26 heavy (non-hydrogen) atoms. The molecule has 4 heteroatoms. The molecule has 2 N–H and O–H groups in total. The van der Waals surface area contributed by atoms with Gasteiger partial charge in [-0.1, -0.05) is 12.1 Å². The zero-order chi connectivity index (χ0) is 18.1. The Morgan fingerprint density at radius 2 is 1.73 bits per heavy atom. The maximum absolute atomic E-state index is 12.4. The summed E-state index contributed by atoms with van der Waals surface area (Å²) >= 11 is 0. The van der Waals surface area contributed by atoms with E-state index < -0.39 is 0 Å². The lowest BCUT2D eigenvalue weighted by molar-refractivity contribution is 0.102. The highest BCUT2D eigenvalue weighted by Crippen LogP contribution is 2.41. The quantitative estimate of drug-likeness (QED) is 0.798. The van der Waals surface area contributed by atoms with Gasteiger partial charge >= 0.3 is 0 Å². The predicted octanol–water partition coefficient (Wildman–Crippen LogP) is 3.86. The van der Waals surface area contributed by atoms with Crippen LogP contribution in [-0.4, -0.2) is 32.6 Å². The lowest BCUT2D eigenvalue weighted by Gasteiger charge is -2.12. The molecule has 2 saturated carbocycles. The van der Waals surface area contributed by atoms with E-state index in [4.69, 9.17) is 0 Å². The van der Waals surface area contributed by atoms with E-state index >= 15 is 0 Å². The van der Waals surface area contributed by atoms with Gasteiger partial charge in [0.15, 0.2) is 0 Å². The molecular formula is C22H27N3O. The average molecular weight is 349 g/mol. The number of nitrogens with zero attached hydrogens (tertiary/aromatic N) is 1. The Morgan fingerprint density at radius 1 is 1.04 bits per heavy atom. The number of amides is 1. The van der Waals surface area contributed by atoms with Crippen LogP contribution in [0.1, 0.15) is 41.1 Å². The molecule has 1 amide bonds. The largest absolute Gasteiger partial charge is 0.378 e. The van der Waals surface area contributed by atoms with Crippen LogP contribution in [0.5, 0.6) is 0 Å². The van der Waals surface area contributed by atoms with E-state index in [0.29, 0.717) is 17.5 Å². The predicted molar refractivity (Wildman–Crippen MR) is 107 cm³/mol. The van der Waals surface area contributed by atoms with E-state index in [1.54, 1.807) is 0 Å². The fourth-order valence-electron chi connectivity index (χ4n) is 3.36. The maximum atomic E-state index is 12.4. The Balaban J connectivity index is 1.31. The second kappa shape index (κ2) is 7.12. The van der Waals surface area contributed by atoms with E-state index in [1.807, 2.05) is 55.4 Å². The zero-order valence-corrected chi connectivity index (χ0v) is 15.5. The molecule has 0 unspecified atom stereocenters. The van der Waals surface area contributed by atoms with Crippen molar-refractivity contribution < 1.29 is 4.79 Å². The van der Waals surface area contributed by atoms with Crippen molar-refractivity contribution in [2.24, 2.45) is 5.92 Å². The third-order valence-corrected chi connectivity index (χ3v) is 5.40. The van der Waals surface area contributed by atoms with Crippen molar-refractivity contribution in [3.05, 3.63) is 59.7 Å². The van der Waals surface area contributed by atoms with Crippen LogP contribution in [0.25, 0.3) is 0 Å². The molecule has 136 valence electrons. The van der Waals surface area contributed by atoms with Crippen LogP contribution in [0.2, 0.25) is 0 Å². The van der Waals surface area contributed by atoms with Crippen LogP contribution in [0.4, 0.5) is 11.4 Å². The van der Waals surface area contributed by atoms with Gasteiger partial charge in [-0.25, -0.2) is 0 Å². The molecular weight excluding hydrogens is 322 g/mol. The maximum Gasteiger partial charge on any atom is 0.255 e. The molecule has 2 aromatic carbocycles. The molecule has 2 aliphatic carbocycles. The van der Waals surface area contributed by atoms with E-state index in [2.05, 4.69) is 22.8 Å². The standard InChI is InChI=1S/C22H27N3O/c1-25(2)19-11-7-17(8-12-19)22(26)24-18-9-5-16(6-10-18)20-13-21(20)23-14-15-3-4-15/h5-12,15,20-21,23H,3-4,13-14H2,1-2H3,(H,24,26)/t20-,21+/m0/s1. The summed E-state index contributed by atoms with van der Waals surface area (Å²) in [5.74, 6) is 1.50. The molecule has 0 heterocycles. The number of nitrogens with one attached hydrogen (secondary N) is 2. The fourth-order valence-corrected chi connectivity index (χ4v) is 3.36. The normalized spacial score (nSPS) is 21.3. The number of anilines is 2. The number of hydrogen-bond acceptors (Lipinski definition) is 3. The lowest BCUT2D eigenvalue weighted by Crippen LogP contribution is -2.20. The van der Waals surface area contributed by atoms with E-state index in [0.717, 1.165) is 17.3 Å². The van der Waals surface area contributed by atoms with Crippen LogP contribution in [0.15, 0.2) is 48.5 Å². The topological polar surface area (TPSA) is 44.4 Å². The SMILES string of the molecule is CN(C)c1ccc(C(=O)Nc2ccc([C@@H]3C[C@H]3NCC3CC3)cc2)cc1. The molecule has 2 aromatic rings. The van der Waals surface area contributed by atoms with Crippen molar-refractivity contribution in [2.75, 3.05) is 30.9 Å². The summed E-state index contributed by atoms with van der Waals surface area (Å²) in [5, 5.41) is 6.66. The van der Waals surface area contributed by atoms with Crippen molar-refractivity contribution >= 4 is 17.3 Å². The van der Waals surface area contributed by atoms with Gasteiger partial charge in [-0.15, -0.1) is 0 Å². The van der Waals surface area contributed by atoms with Gasteiger partial charge in [0, 0.05) is 43.0 Å². The molecule has 2 atom stereocenters. The van der Waals surface area contributed by atoms with Gasteiger partial charge in [-0.2, -0.15) is 0 Å². The van der Waals surface area contributed by atoms with E-state index in [9.17, 15) is 4.79 Å². The Labute approximate surface area is 155 Å². The van der Waals surface area contributed by atoms with Gasteiger partial charge in [0.05, 0.1) is 0 Å².